The fourth-order valence-electron chi connectivity index (χ4n) is 3.30. The standard InChI is InChI=1S/C20H15BrF5N7O/c1-10(17-30-9-31-33(17)15-4-3-12(7-27-15)34-19(22)23)32(2)18-13-5-11(20(24,25)26)6-14(21)16(13)28-8-29-18/h3-10,19H,1-2H3. The first-order valence-electron chi connectivity index (χ1n) is 9.61. The summed E-state index contributed by atoms with van der Waals surface area (Å²) in [6.45, 7) is -1.23. The number of nitrogens with zero attached hydrogens (tertiary/aromatic N) is 7. The number of aromatic nitrogens is 6. The highest BCUT2D eigenvalue weighted by atomic mass is 79.9. The molecule has 3 heterocycles. The number of alkyl halides is 5. The lowest BCUT2D eigenvalue weighted by atomic mass is 10.1. The van der Waals surface area contributed by atoms with Crippen LogP contribution in [0.2, 0.25) is 0 Å². The van der Waals surface area contributed by atoms with Crippen molar-refractivity contribution in [1.29, 1.82) is 0 Å². The van der Waals surface area contributed by atoms with Gasteiger partial charge in [-0.05, 0) is 47.1 Å². The Kier molecular flexibility index (Phi) is 6.34. The van der Waals surface area contributed by atoms with Crippen LogP contribution in [0, 0.1) is 0 Å². The fourth-order valence-corrected chi connectivity index (χ4v) is 3.86. The van der Waals surface area contributed by atoms with Crippen LogP contribution in [0.3, 0.4) is 0 Å². The molecule has 0 N–H and O–H groups in total. The van der Waals surface area contributed by atoms with Crippen LogP contribution in [0.25, 0.3) is 16.7 Å². The van der Waals surface area contributed by atoms with Crippen LogP contribution in [0.15, 0.2) is 47.6 Å². The zero-order valence-corrected chi connectivity index (χ0v) is 19.1. The minimum atomic E-state index is -4.56. The predicted molar refractivity (Wildman–Crippen MR) is 115 cm³/mol. The first kappa shape index (κ1) is 23.7. The van der Waals surface area contributed by atoms with Crippen LogP contribution in [0.1, 0.15) is 24.4 Å². The number of ether oxygens (including phenoxy) is 1. The molecule has 0 aliphatic carbocycles. The maximum atomic E-state index is 13.4. The number of halogens is 6. The van der Waals surface area contributed by atoms with E-state index >= 15 is 0 Å². The van der Waals surface area contributed by atoms with Crippen LogP contribution in [-0.4, -0.2) is 43.4 Å². The summed E-state index contributed by atoms with van der Waals surface area (Å²) in [7, 11) is 1.65. The number of benzene rings is 1. The third kappa shape index (κ3) is 4.62. The largest absolute Gasteiger partial charge is 0.433 e. The molecule has 34 heavy (non-hydrogen) atoms. The number of anilines is 1. The van der Waals surface area contributed by atoms with E-state index in [4.69, 9.17) is 0 Å². The molecular formula is C20H15BrF5N7O. The zero-order valence-electron chi connectivity index (χ0n) is 17.5. The van der Waals surface area contributed by atoms with Crippen molar-refractivity contribution >= 4 is 32.7 Å². The van der Waals surface area contributed by atoms with Crippen molar-refractivity contribution in [3.8, 4) is 11.6 Å². The molecule has 1 atom stereocenters. The highest BCUT2D eigenvalue weighted by molar-refractivity contribution is 9.10. The second-order valence-corrected chi connectivity index (χ2v) is 7.95. The molecule has 1 unspecified atom stereocenters. The van der Waals surface area contributed by atoms with Gasteiger partial charge in [-0.25, -0.2) is 19.9 Å². The Balaban J connectivity index is 1.71. The molecule has 0 radical (unpaired) electrons. The first-order chi connectivity index (χ1) is 16.1. The first-order valence-corrected chi connectivity index (χ1v) is 10.4. The van der Waals surface area contributed by atoms with Crippen molar-refractivity contribution < 1.29 is 26.7 Å². The second kappa shape index (κ2) is 9.08. The Hall–Kier alpha value is -3.42. The number of hydrogen-bond donors (Lipinski definition) is 0. The van der Waals surface area contributed by atoms with Crippen LogP contribution < -0.4 is 9.64 Å². The molecule has 4 aromatic rings. The minimum Gasteiger partial charge on any atom is -0.433 e. The van der Waals surface area contributed by atoms with Crippen molar-refractivity contribution in [1.82, 2.24) is 29.7 Å². The topological polar surface area (TPSA) is 81.9 Å². The van der Waals surface area contributed by atoms with E-state index in [0.717, 1.165) is 18.3 Å². The van der Waals surface area contributed by atoms with Gasteiger partial charge in [0.1, 0.15) is 24.2 Å². The lowest BCUT2D eigenvalue weighted by Crippen LogP contribution is -2.26. The molecule has 0 aliphatic rings. The molecule has 4 rings (SSSR count). The maximum absolute atomic E-state index is 13.4. The molecule has 0 aliphatic heterocycles. The van der Waals surface area contributed by atoms with E-state index in [1.807, 2.05) is 0 Å². The zero-order chi connectivity index (χ0) is 24.6. The third-order valence-electron chi connectivity index (χ3n) is 5.02. The summed E-state index contributed by atoms with van der Waals surface area (Å²) in [5.74, 6) is 0.788. The SMILES string of the molecule is CC(c1ncnn1-c1ccc(OC(F)F)cn1)N(C)c1ncnc2c(Br)cc(C(F)(F)F)cc12. The minimum absolute atomic E-state index is 0.121. The van der Waals surface area contributed by atoms with Crippen molar-refractivity contribution in [2.24, 2.45) is 0 Å². The molecule has 0 amide bonds. The van der Waals surface area contributed by atoms with Crippen molar-refractivity contribution in [2.75, 3.05) is 11.9 Å². The van der Waals surface area contributed by atoms with E-state index < -0.39 is 24.4 Å². The van der Waals surface area contributed by atoms with Gasteiger partial charge in [0.05, 0.1) is 23.3 Å². The molecule has 178 valence electrons. The van der Waals surface area contributed by atoms with Gasteiger partial charge in [0.25, 0.3) is 0 Å². The number of pyridine rings is 1. The van der Waals surface area contributed by atoms with E-state index in [0.29, 0.717) is 11.3 Å². The lowest BCUT2D eigenvalue weighted by Gasteiger charge is -2.26. The van der Waals surface area contributed by atoms with Crippen LogP contribution >= 0.6 is 15.9 Å². The second-order valence-electron chi connectivity index (χ2n) is 7.10. The summed E-state index contributed by atoms with van der Waals surface area (Å²) >= 11 is 3.16. The summed E-state index contributed by atoms with van der Waals surface area (Å²) in [6.07, 6.45) is -0.899. The van der Waals surface area contributed by atoms with E-state index in [9.17, 15) is 22.0 Å². The lowest BCUT2D eigenvalue weighted by molar-refractivity contribution is -0.137. The van der Waals surface area contributed by atoms with Crippen molar-refractivity contribution in [3.63, 3.8) is 0 Å². The van der Waals surface area contributed by atoms with Crippen molar-refractivity contribution in [3.05, 3.63) is 59.0 Å². The summed E-state index contributed by atoms with van der Waals surface area (Å²) in [5, 5.41) is 4.33. The van der Waals surface area contributed by atoms with Gasteiger partial charge in [0.2, 0.25) is 0 Å². The van der Waals surface area contributed by atoms with Gasteiger partial charge in [0.15, 0.2) is 11.6 Å². The Morgan fingerprint density at radius 2 is 1.82 bits per heavy atom. The molecule has 0 bridgehead atoms. The van der Waals surface area contributed by atoms with Gasteiger partial charge in [0, 0.05) is 16.9 Å². The number of hydrogen-bond acceptors (Lipinski definition) is 7. The third-order valence-corrected chi connectivity index (χ3v) is 5.63. The van der Waals surface area contributed by atoms with Crippen LogP contribution in [-0.2, 0) is 6.18 Å². The van der Waals surface area contributed by atoms with Gasteiger partial charge in [-0.15, -0.1) is 0 Å². The van der Waals surface area contributed by atoms with Gasteiger partial charge in [-0.1, -0.05) is 0 Å². The van der Waals surface area contributed by atoms with E-state index in [2.05, 4.69) is 45.7 Å². The Morgan fingerprint density at radius 1 is 1.06 bits per heavy atom. The smallest absolute Gasteiger partial charge is 0.416 e. The van der Waals surface area contributed by atoms with Gasteiger partial charge < -0.3 is 9.64 Å². The quantitative estimate of drug-likeness (QED) is 0.310. The monoisotopic (exact) mass is 543 g/mol. The average Bonchev–Trinajstić information content (AvgIpc) is 3.27. The molecule has 0 saturated heterocycles. The van der Waals surface area contributed by atoms with E-state index in [-0.39, 0.29) is 27.2 Å². The fraction of sp³-hybridized carbons (Fsp3) is 0.250. The number of fused-ring (bicyclic) bond motifs is 1. The summed E-state index contributed by atoms with van der Waals surface area (Å²) in [6, 6.07) is 4.16. The van der Waals surface area contributed by atoms with Crippen molar-refractivity contribution in [2.45, 2.75) is 25.8 Å². The molecule has 14 heteroatoms. The van der Waals surface area contributed by atoms with Gasteiger partial charge >= 0.3 is 12.8 Å². The summed E-state index contributed by atoms with van der Waals surface area (Å²) < 4.78 is 70.8. The molecule has 8 nitrogen and oxygen atoms in total. The van der Waals surface area contributed by atoms with Gasteiger partial charge in [-0.3, -0.25) is 0 Å². The highest BCUT2D eigenvalue weighted by Crippen LogP contribution is 2.38. The van der Waals surface area contributed by atoms with E-state index in [1.165, 1.54) is 29.5 Å². The van der Waals surface area contributed by atoms with E-state index in [1.54, 1.807) is 18.9 Å². The van der Waals surface area contributed by atoms with Crippen LogP contribution in [0.5, 0.6) is 5.75 Å². The normalized spacial score (nSPS) is 12.9. The summed E-state index contributed by atoms with van der Waals surface area (Å²) in [5.41, 5.74) is -0.530. The molecule has 1 aromatic carbocycles. The van der Waals surface area contributed by atoms with Gasteiger partial charge in [-0.2, -0.15) is 31.7 Å². The molecule has 3 aromatic heterocycles. The Morgan fingerprint density at radius 3 is 2.47 bits per heavy atom. The average molecular weight is 544 g/mol. The molecular weight excluding hydrogens is 529 g/mol. The molecule has 0 saturated carbocycles. The number of rotatable bonds is 6. The Bertz CT molecular complexity index is 1310. The highest BCUT2D eigenvalue weighted by Gasteiger charge is 2.32. The van der Waals surface area contributed by atoms with Crippen LogP contribution in [0.4, 0.5) is 27.8 Å². The predicted octanol–water partition coefficient (Wildman–Crippen LogP) is 5.19. The maximum Gasteiger partial charge on any atom is 0.416 e. The summed E-state index contributed by atoms with van der Waals surface area (Å²) in [4.78, 5) is 18.3. The Labute approximate surface area is 197 Å². The molecule has 0 fully saturated rings. The molecule has 0 spiro atoms.